The predicted octanol–water partition coefficient (Wildman–Crippen LogP) is -0.298. The number of hydrogen-bond acceptors (Lipinski definition) is 3. The van der Waals surface area contributed by atoms with Gasteiger partial charge in [-0.3, -0.25) is 9.78 Å². The Kier molecular flexibility index (Phi) is 4.91. The number of hydrogen-bond donors (Lipinski definition) is 2. The minimum Gasteiger partial charge on any atom is -0.344 e. The summed E-state index contributed by atoms with van der Waals surface area (Å²) in [6.45, 7) is 0.338. The summed E-state index contributed by atoms with van der Waals surface area (Å²) >= 11 is 0. The molecule has 1 amide bonds. The van der Waals surface area contributed by atoms with Crippen molar-refractivity contribution >= 4 is 5.91 Å². The van der Waals surface area contributed by atoms with Crippen LogP contribution in [0.5, 0.6) is 0 Å². The number of nitrogens with two attached hydrogens (primary N) is 1. The molecule has 15 heavy (non-hydrogen) atoms. The lowest BCUT2D eigenvalue weighted by Crippen LogP contribution is -2.30. The molecular formula is C11H13N3O. The number of aromatic nitrogens is 1. The topological polar surface area (TPSA) is 68.0 Å². The van der Waals surface area contributed by atoms with E-state index in [0.717, 1.165) is 5.69 Å². The largest absolute Gasteiger partial charge is 0.344 e. The third kappa shape index (κ3) is 4.79. The Morgan fingerprint density at radius 3 is 3.00 bits per heavy atom. The van der Waals surface area contributed by atoms with Crippen LogP contribution in [0.4, 0.5) is 0 Å². The highest BCUT2D eigenvalue weighted by Crippen LogP contribution is 1.92. The van der Waals surface area contributed by atoms with E-state index in [1.54, 1.807) is 6.20 Å². The molecule has 0 saturated carbocycles. The van der Waals surface area contributed by atoms with Crippen LogP contribution < -0.4 is 11.1 Å². The van der Waals surface area contributed by atoms with Gasteiger partial charge < -0.3 is 11.1 Å². The van der Waals surface area contributed by atoms with Crippen molar-refractivity contribution in [1.82, 2.24) is 10.3 Å². The third-order valence-electron chi connectivity index (χ3n) is 1.68. The van der Waals surface area contributed by atoms with Crippen molar-refractivity contribution in [2.45, 2.75) is 6.42 Å². The summed E-state index contributed by atoms with van der Waals surface area (Å²) in [5, 5.41) is 2.56. The number of carbonyl (C=O) groups excluding carboxylic acids is 1. The van der Waals surface area contributed by atoms with E-state index in [0.29, 0.717) is 13.0 Å². The van der Waals surface area contributed by atoms with Crippen molar-refractivity contribution in [2.75, 3.05) is 13.1 Å². The van der Waals surface area contributed by atoms with Gasteiger partial charge in [0.2, 0.25) is 5.91 Å². The fraction of sp³-hybridized carbons (Fsp3) is 0.273. The van der Waals surface area contributed by atoms with Gasteiger partial charge in [0.05, 0.1) is 25.2 Å². The van der Waals surface area contributed by atoms with Gasteiger partial charge in [-0.25, -0.2) is 0 Å². The number of nitrogens with zero attached hydrogens (tertiary/aromatic N) is 1. The van der Waals surface area contributed by atoms with E-state index in [1.165, 1.54) is 0 Å². The van der Waals surface area contributed by atoms with Gasteiger partial charge in [-0.2, -0.15) is 0 Å². The molecule has 0 aliphatic rings. The van der Waals surface area contributed by atoms with Crippen LogP contribution >= 0.6 is 0 Å². The minimum absolute atomic E-state index is 0.00191. The maximum absolute atomic E-state index is 10.7. The van der Waals surface area contributed by atoms with Crippen LogP contribution in [0.1, 0.15) is 5.69 Å². The summed E-state index contributed by atoms with van der Waals surface area (Å²) in [7, 11) is 0. The summed E-state index contributed by atoms with van der Waals surface area (Å²) < 4.78 is 0. The van der Waals surface area contributed by atoms with Crippen LogP contribution in [-0.2, 0) is 11.2 Å². The van der Waals surface area contributed by atoms with Gasteiger partial charge in [0, 0.05) is 6.20 Å². The monoisotopic (exact) mass is 203 g/mol. The Hall–Kier alpha value is -1.86. The average molecular weight is 203 g/mol. The Morgan fingerprint density at radius 2 is 2.33 bits per heavy atom. The van der Waals surface area contributed by atoms with Gasteiger partial charge in [-0.1, -0.05) is 17.9 Å². The molecule has 1 heterocycles. The van der Waals surface area contributed by atoms with Crippen molar-refractivity contribution in [3.05, 3.63) is 30.1 Å². The zero-order valence-electron chi connectivity index (χ0n) is 8.36. The first kappa shape index (κ1) is 11.2. The second kappa shape index (κ2) is 6.57. The van der Waals surface area contributed by atoms with Crippen molar-refractivity contribution in [1.29, 1.82) is 0 Å². The highest BCUT2D eigenvalue weighted by Gasteiger charge is 1.91. The van der Waals surface area contributed by atoms with Crippen LogP contribution in [-0.4, -0.2) is 24.0 Å². The number of amides is 1. The van der Waals surface area contributed by atoms with Gasteiger partial charge in [0.25, 0.3) is 0 Å². The fourth-order valence-corrected chi connectivity index (χ4v) is 0.933. The number of nitrogens with one attached hydrogen (secondary N) is 1. The molecule has 0 radical (unpaired) electrons. The van der Waals surface area contributed by atoms with Crippen LogP contribution in [0.25, 0.3) is 0 Å². The Labute approximate surface area is 88.9 Å². The van der Waals surface area contributed by atoms with Gasteiger partial charge in [0.1, 0.15) is 0 Å². The number of pyridine rings is 1. The SMILES string of the molecule is NCC(=O)NCC#CCc1ccccn1. The first-order valence-corrected chi connectivity index (χ1v) is 4.65. The van der Waals surface area contributed by atoms with Gasteiger partial charge >= 0.3 is 0 Å². The lowest BCUT2D eigenvalue weighted by Gasteiger charge is -1.95. The lowest BCUT2D eigenvalue weighted by molar-refractivity contribution is -0.119. The molecule has 0 fully saturated rings. The van der Waals surface area contributed by atoms with Crippen molar-refractivity contribution in [2.24, 2.45) is 5.73 Å². The second-order valence-electron chi connectivity index (χ2n) is 2.83. The Morgan fingerprint density at radius 1 is 1.47 bits per heavy atom. The molecule has 0 bridgehead atoms. The molecule has 0 aromatic carbocycles. The van der Waals surface area contributed by atoms with Crippen LogP contribution in [0.2, 0.25) is 0 Å². The zero-order chi connectivity index (χ0) is 10.9. The Balaban J connectivity index is 2.26. The standard InChI is InChI=1S/C11H13N3O/c12-9-11(15)14-8-4-2-6-10-5-1-3-7-13-10/h1,3,5,7H,6,8-9,12H2,(H,14,15). The molecule has 0 aliphatic heterocycles. The smallest absolute Gasteiger partial charge is 0.234 e. The van der Waals surface area contributed by atoms with Crippen molar-refractivity contribution < 1.29 is 4.79 Å². The summed E-state index contributed by atoms with van der Waals surface area (Å²) in [6.07, 6.45) is 2.33. The molecule has 3 N–H and O–H groups in total. The summed E-state index contributed by atoms with van der Waals surface area (Å²) in [6, 6.07) is 5.69. The van der Waals surface area contributed by atoms with E-state index in [4.69, 9.17) is 5.73 Å². The van der Waals surface area contributed by atoms with Crippen molar-refractivity contribution in [3.63, 3.8) is 0 Å². The van der Waals surface area contributed by atoms with E-state index in [9.17, 15) is 4.79 Å². The van der Waals surface area contributed by atoms with Gasteiger partial charge in [-0.15, -0.1) is 0 Å². The lowest BCUT2D eigenvalue weighted by atomic mass is 10.3. The second-order valence-corrected chi connectivity index (χ2v) is 2.83. The van der Waals surface area contributed by atoms with Crippen molar-refractivity contribution in [3.8, 4) is 11.8 Å². The molecule has 0 saturated heterocycles. The zero-order valence-corrected chi connectivity index (χ0v) is 8.36. The highest BCUT2D eigenvalue weighted by molar-refractivity contribution is 5.77. The van der Waals surface area contributed by atoms with Crippen LogP contribution in [0, 0.1) is 11.8 Å². The molecule has 0 spiro atoms. The van der Waals surface area contributed by atoms with Gasteiger partial charge in [-0.05, 0) is 12.1 Å². The van der Waals surface area contributed by atoms with E-state index in [1.807, 2.05) is 18.2 Å². The summed E-state index contributed by atoms with van der Waals surface area (Å²) in [4.78, 5) is 14.8. The quantitative estimate of drug-likeness (QED) is 0.663. The Bertz CT molecular complexity index is 364. The summed E-state index contributed by atoms with van der Waals surface area (Å²) in [5.74, 6) is 5.54. The van der Waals surface area contributed by atoms with E-state index in [-0.39, 0.29) is 12.5 Å². The first-order valence-electron chi connectivity index (χ1n) is 4.65. The molecule has 78 valence electrons. The van der Waals surface area contributed by atoms with E-state index >= 15 is 0 Å². The van der Waals surface area contributed by atoms with Gasteiger partial charge in [0.15, 0.2) is 0 Å². The maximum Gasteiger partial charge on any atom is 0.234 e. The maximum atomic E-state index is 10.7. The molecule has 0 unspecified atom stereocenters. The van der Waals surface area contributed by atoms with Crippen LogP contribution in [0.15, 0.2) is 24.4 Å². The third-order valence-corrected chi connectivity index (χ3v) is 1.68. The molecule has 1 rings (SSSR count). The molecule has 1 aromatic heterocycles. The fourth-order valence-electron chi connectivity index (χ4n) is 0.933. The molecule has 0 atom stereocenters. The molecule has 1 aromatic rings. The first-order chi connectivity index (χ1) is 7.33. The normalized spacial score (nSPS) is 8.87. The summed E-state index contributed by atoms with van der Waals surface area (Å²) in [5.41, 5.74) is 6.03. The van der Waals surface area contributed by atoms with E-state index < -0.39 is 0 Å². The number of rotatable bonds is 3. The predicted molar refractivity (Wildman–Crippen MR) is 57.8 cm³/mol. The molecule has 0 aliphatic carbocycles. The number of carbonyl (C=O) groups is 1. The molecule has 4 nitrogen and oxygen atoms in total. The molecular weight excluding hydrogens is 190 g/mol. The molecule has 4 heteroatoms. The van der Waals surface area contributed by atoms with Crippen LogP contribution in [0.3, 0.4) is 0 Å². The minimum atomic E-state index is -0.192. The average Bonchev–Trinajstić information content (AvgIpc) is 2.29. The highest BCUT2D eigenvalue weighted by atomic mass is 16.1. The van der Waals surface area contributed by atoms with E-state index in [2.05, 4.69) is 22.1 Å².